The number of piperidine rings is 1. The normalized spacial score (nSPS) is 31.1. The zero-order valence-corrected chi connectivity index (χ0v) is 15.2. The standard InChI is InChI=1S/C19H29N3OS/c24-19(21-16-12-14-6-7-15(16)11-14)20-13-17(18-5-4-10-23-18)22-8-2-1-3-9-22/h4-5,10,14-17H,1-3,6-9,11-13H2,(H2,20,21,24)/t14-,15-,16+,17-/m0/s1. The van der Waals surface area contributed by atoms with Gasteiger partial charge in [0.2, 0.25) is 0 Å². The van der Waals surface area contributed by atoms with E-state index in [1.807, 2.05) is 6.07 Å². The van der Waals surface area contributed by atoms with Crippen LogP contribution in [0.25, 0.3) is 0 Å². The first-order valence-electron chi connectivity index (χ1n) is 9.61. The van der Waals surface area contributed by atoms with Gasteiger partial charge >= 0.3 is 0 Å². The Kier molecular flexibility index (Phi) is 5.09. The highest BCUT2D eigenvalue weighted by Crippen LogP contribution is 2.44. The summed E-state index contributed by atoms with van der Waals surface area (Å²) < 4.78 is 5.71. The van der Waals surface area contributed by atoms with Crippen molar-refractivity contribution in [1.82, 2.24) is 15.5 Å². The monoisotopic (exact) mass is 347 g/mol. The molecule has 2 N–H and O–H groups in total. The molecule has 0 radical (unpaired) electrons. The number of hydrogen-bond acceptors (Lipinski definition) is 3. The maximum absolute atomic E-state index is 5.71. The number of nitrogens with zero attached hydrogens (tertiary/aromatic N) is 1. The van der Waals surface area contributed by atoms with Crippen molar-refractivity contribution in [2.24, 2.45) is 11.8 Å². The quantitative estimate of drug-likeness (QED) is 0.798. The van der Waals surface area contributed by atoms with Gasteiger partial charge in [0.15, 0.2) is 5.11 Å². The first-order chi connectivity index (χ1) is 11.8. The minimum Gasteiger partial charge on any atom is -0.468 e. The van der Waals surface area contributed by atoms with E-state index in [2.05, 4.69) is 21.6 Å². The predicted molar refractivity (Wildman–Crippen MR) is 99.8 cm³/mol. The van der Waals surface area contributed by atoms with Gasteiger partial charge in [-0.15, -0.1) is 0 Å². The van der Waals surface area contributed by atoms with E-state index in [0.29, 0.717) is 6.04 Å². The maximum atomic E-state index is 5.71. The number of furan rings is 1. The number of thiocarbonyl (C=S) groups is 1. The Morgan fingerprint density at radius 1 is 1.25 bits per heavy atom. The minimum absolute atomic E-state index is 0.278. The van der Waals surface area contributed by atoms with Crippen molar-refractivity contribution in [2.75, 3.05) is 19.6 Å². The van der Waals surface area contributed by atoms with Crippen molar-refractivity contribution in [3.63, 3.8) is 0 Å². The molecule has 2 bridgehead atoms. The molecular weight excluding hydrogens is 318 g/mol. The van der Waals surface area contributed by atoms with E-state index in [1.54, 1.807) is 6.26 Å². The van der Waals surface area contributed by atoms with E-state index in [1.165, 1.54) is 44.9 Å². The average Bonchev–Trinajstić information content (AvgIpc) is 3.34. The van der Waals surface area contributed by atoms with Gasteiger partial charge in [-0.25, -0.2) is 0 Å². The Morgan fingerprint density at radius 2 is 2.12 bits per heavy atom. The summed E-state index contributed by atoms with van der Waals surface area (Å²) in [5.74, 6) is 2.84. The highest BCUT2D eigenvalue weighted by molar-refractivity contribution is 7.80. The predicted octanol–water partition coefficient (Wildman–Crippen LogP) is 3.46. The second kappa shape index (κ2) is 7.44. The van der Waals surface area contributed by atoms with Gasteiger partial charge in [-0.1, -0.05) is 12.8 Å². The number of rotatable bonds is 5. The molecule has 1 saturated heterocycles. The van der Waals surface area contributed by atoms with Crippen LogP contribution < -0.4 is 10.6 Å². The highest BCUT2D eigenvalue weighted by atomic mass is 32.1. The molecule has 132 valence electrons. The summed E-state index contributed by atoms with van der Waals surface area (Å²) in [7, 11) is 0. The molecule has 0 spiro atoms. The number of likely N-dealkylation sites (tertiary alicyclic amines) is 1. The van der Waals surface area contributed by atoms with E-state index in [-0.39, 0.29) is 6.04 Å². The summed E-state index contributed by atoms with van der Waals surface area (Å²) in [6.45, 7) is 3.12. The summed E-state index contributed by atoms with van der Waals surface area (Å²) >= 11 is 5.58. The molecular formula is C19H29N3OS. The van der Waals surface area contributed by atoms with E-state index < -0.39 is 0 Å². The molecule has 1 aromatic rings. The van der Waals surface area contributed by atoms with Crippen molar-refractivity contribution in [2.45, 2.75) is 57.0 Å². The van der Waals surface area contributed by atoms with Gasteiger partial charge in [0.05, 0.1) is 12.3 Å². The topological polar surface area (TPSA) is 40.4 Å². The Balaban J connectivity index is 1.32. The smallest absolute Gasteiger partial charge is 0.166 e. The summed E-state index contributed by atoms with van der Waals surface area (Å²) in [5.41, 5.74) is 0. The Labute approximate surface area is 150 Å². The largest absolute Gasteiger partial charge is 0.468 e. The van der Waals surface area contributed by atoms with Crippen LogP contribution in [0.2, 0.25) is 0 Å². The van der Waals surface area contributed by atoms with Crippen molar-refractivity contribution in [3.05, 3.63) is 24.2 Å². The van der Waals surface area contributed by atoms with Gasteiger partial charge < -0.3 is 15.1 Å². The molecule has 0 amide bonds. The maximum Gasteiger partial charge on any atom is 0.166 e. The lowest BCUT2D eigenvalue weighted by atomic mass is 9.95. The van der Waals surface area contributed by atoms with Crippen LogP contribution in [0.5, 0.6) is 0 Å². The fraction of sp³-hybridized carbons (Fsp3) is 0.737. The lowest BCUT2D eigenvalue weighted by Gasteiger charge is -2.34. The van der Waals surface area contributed by atoms with Gasteiger partial charge in [0.25, 0.3) is 0 Å². The molecule has 4 nitrogen and oxygen atoms in total. The minimum atomic E-state index is 0.278. The van der Waals surface area contributed by atoms with E-state index in [0.717, 1.165) is 42.3 Å². The zero-order valence-electron chi connectivity index (χ0n) is 14.4. The van der Waals surface area contributed by atoms with Crippen LogP contribution >= 0.6 is 12.2 Å². The van der Waals surface area contributed by atoms with Crippen LogP contribution in [0.4, 0.5) is 0 Å². The van der Waals surface area contributed by atoms with Gasteiger partial charge in [-0.3, -0.25) is 4.90 Å². The van der Waals surface area contributed by atoms with Crippen LogP contribution in [0, 0.1) is 11.8 Å². The van der Waals surface area contributed by atoms with Crippen molar-refractivity contribution >= 4 is 17.3 Å². The van der Waals surface area contributed by atoms with E-state index in [4.69, 9.17) is 16.6 Å². The second-order valence-corrected chi connectivity index (χ2v) is 8.17. The Bertz CT molecular complexity index is 541. The van der Waals surface area contributed by atoms with E-state index in [9.17, 15) is 0 Å². The lowest BCUT2D eigenvalue weighted by molar-refractivity contribution is 0.146. The zero-order chi connectivity index (χ0) is 16.4. The van der Waals surface area contributed by atoms with Gasteiger partial charge in [-0.2, -0.15) is 0 Å². The first kappa shape index (κ1) is 16.4. The molecule has 2 aliphatic carbocycles. The molecule has 5 heteroatoms. The van der Waals surface area contributed by atoms with Crippen LogP contribution in [0.15, 0.2) is 22.8 Å². The SMILES string of the molecule is S=C(NC[C@@H](c1ccco1)N1CCCCC1)N[C@@H]1C[C@H]2CC[C@H]1C2. The first-order valence-corrected chi connectivity index (χ1v) is 10.0. The van der Waals surface area contributed by atoms with Crippen LogP contribution in [-0.2, 0) is 0 Å². The van der Waals surface area contributed by atoms with E-state index >= 15 is 0 Å². The Hall–Kier alpha value is -1.07. The third-order valence-corrected chi connectivity index (χ3v) is 6.48. The molecule has 24 heavy (non-hydrogen) atoms. The number of hydrogen-bond donors (Lipinski definition) is 2. The summed E-state index contributed by atoms with van der Waals surface area (Å²) in [6, 6.07) is 4.95. The highest BCUT2D eigenvalue weighted by Gasteiger charge is 2.39. The summed E-state index contributed by atoms with van der Waals surface area (Å²) in [4.78, 5) is 2.54. The van der Waals surface area contributed by atoms with Gasteiger partial charge in [0, 0.05) is 12.6 Å². The van der Waals surface area contributed by atoms with Crippen LogP contribution in [0.3, 0.4) is 0 Å². The van der Waals surface area contributed by atoms with Crippen molar-refractivity contribution in [1.29, 1.82) is 0 Å². The number of nitrogens with one attached hydrogen (secondary N) is 2. The lowest BCUT2D eigenvalue weighted by Crippen LogP contribution is -2.47. The number of fused-ring (bicyclic) bond motifs is 2. The van der Waals surface area contributed by atoms with Crippen molar-refractivity contribution < 1.29 is 4.42 Å². The summed E-state index contributed by atoms with van der Waals surface area (Å²) in [5, 5.41) is 7.88. The Morgan fingerprint density at radius 3 is 2.79 bits per heavy atom. The molecule has 0 aromatic carbocycles. The molecule has 1 aromatic heterocycles. The van der Waals surface area contributed by atoms with Gasteiger partial charge in [0.1, 0.15) is 5.76 Å². The second-order valence-electron chi connectivity index (χ2n) is 7.76. The summed E-state index contributed by atoms with van der Waals surface area (Å²) in [6.07, 6.45) is 11.2. The fourth-order valence-electron chi connectivity index (χ4n) is 4.95. The van der Waals surface area contributed by atoms with Crippen LogP contribution in [0.1, 0.15) is 56.7 Å². The molecule has 4 rings (SSSR count). The molecule has 3 fully saturated rings. The van der Waals surface area contributed by atoms with Gasteiger partial charge in [-0.05, 0) is 81.4 Å². The van der Waals surface area contributed by atoms with Crippen LogP contribution in [-0.4, -0.2) is 35.7 Å². The molecule has 2 heterocycles. The molecule has 2 saturated carbocycles. The molecule has 0 unspecified atom stereocenters. The average molecular weight is 348 g/mol. The molecule has 4 atom stereocenters. The fourth-order valence-corrected chi connectivity index (χ4v) is 5.19. The van der Waals surface area contributed by atoms with Crippen molar-refractivity contribution in [3.8, 4) is 0 Å². The third-order valence-electron chi connectivity index (χ3n) is 6.21. The molecule has 3 aliphatic rings. The molecule has 1 aliphatic heterocycles. The third kappa shape index (κ3) is 3.62.